The maximum Gasteiger partial charge on any atom is 0.257 e. The van der Waals surface area contributed by atoms with Crippen molar-refractivity contribution in [2.75, 3.05) is 5.32 Å². The normalized spacial score (nSPS) is 11.0. The molecular formula is C16H12N4O. The molecule has 2 aromatic heterocycles. The number of aromatic nitrogens is 3. The van der Waals surface area contributed by atoms with E-state index in [1.807, 2.05) is 48.7 Å². The van der Waals surface area contributed by atoms with Gasteiger partial charge in [0.25, 0.3) is 5.91 Å². The van der Waals surface area contributed by atoms with Crippen LogP contribution in [0.5, 0.6) is 0 Å². The van der Waals surface area contributed by atoms with E-state index in [4.69, 9.17) is 0 Å². The van der Waals surface area contributed by atoms with Gasteiger partial charge in [0.15, 0.2) is 0 Å². The fourth-order valence-electron chi connectivity index (χ4n) is 2.49. The lowest BCUT2D eigenvalue weighted by molar-refractivity contribution is 0.102. The number of anilines is 1. The summed E-state index contributed by atoms with van der Waals surface area (Å²) in [5.74, 6) is -0.137. The number of aromatic amines is 2. The highest BCUT2D eigenvalue weighted by Gasteiger charge is 2.11. The van der Waals surface area contributed by atoms with Crippen molar-refractivity contribution in [3.05, 3.63) is 60.4 Å². The first-order chi connectivity index (χ1) is 10.3. The Hall–Kier alpha value is -3.08. The van der Waals surface area contributed by atoms with E-state index in [1.165, 1.54) is 0 Å². The second-order valence-electron chi connectivity index (χ2n) is 4.87. The minimum absolute atomic E-state index is 0.137. The molecule has 5 nitrogen and oxygen atoms in total. The molecule has 2 aromatic carbocycles. The zero-order valence-corrected chi connectivity index (χ0v) is 11.1. The molecule has 0 radical (unpaired) electrons. The zero-order chi connectivity index (χ0) is 14.2. The van der Waals surface area contributed by atoms with Crippen LogP contribution in [0.2, 0.25) is 0 Å². The van der Waals surface area contributed by atoms with Gasteiger partial charge in [0.05, 0.1) is 22.8 Å². The average molecular weight is 276 g/mol. The van der Waals surface area contributed by atoms with E-state index in [-0.39, 0.29) is 5.91 Å². The summed E-state index contributed by atoms with van der Waals surface area (Å²) >= 11 is 0. The second kappa shape index (κ2) is 4.49. The molecule has 0 saturated carbocycles. The van der Waals surface area contributed by atoms with Crippen LogP contribution < -0.4 is 5.32 Å². The first-order valence-electron chi connectivity index (χ1n) is 6.62. The van der Waals surface area contributed by atoms with Gasteiger partial charge < -0.3 is 10.3 Å². The molecule has 5 heteroatoms. The Morgan fingerprint density at radius 2 is 2.05 bits per heavy atom. The van der Waals surface area contributed by atoms with Crippen LogP contribution in [0.3, 0.4) is 0 Å². The predicted octanol–water partition coefficient (Wildman–Crippen LogP) is 3.30. The van der Waals surface area contributed by atoms with E-state index in [1.54, 1.807) is 6.20 Å². The molecule has 4 aromatic rings. The van der Waals surface area contributed by atoms with E-state index < -0.39 is 0 Å². The van der Waals surface area contributed by atoms with Crippen LogP contribution in [0.4, 0.5) is 5.69 Å². The van der Waals surface area contributed by atoms with E-state index in [2.05, 4.69) is 20.5 Å². The summed E-state index contributed by atoms with van der Waals surface area (Å²) in [5.41, 5.74) is 3.10. The third-order valence-electron chi connectivity index (χ3n) is 3.53. The largest absolute Gasteiger partial charge is 0.361 e. The Morgan fingerprint density at radius 3 is 3.00 bits per heavy atom. The maximum absolute atomic E-state index is 12.4. The third kappa shape index (κ3) is 1.95. The van der Waals surface area contributed by atoms with Crippen LogP contribution in [-0.2, 0) is 0 Å². The molecule has 0 aliphatic rings. The third-order valence-corrected chi connectivity index (χ3v) is 3.53. The van der Waals surface area contributed by atoms with Crippen molar-refractivity contribution < 1.29 is 4.79 Å². The quantitative estimate of drug-likeness (QED) is 0.525. The van der Waals surface area contributed by atoms with Crippen LogP contribution in [-0.4, -0.2) is 21.1 Å². The SMILES string of the molecule is O=C(Nc1ccc2cn[nH]c2c1)c1cccc2cc[nH]c12. The molecule has 0 aliphatic carbocycles. The number of fused-ring (bicyclic) bond motifs is 2. The minimum Gasteiger partial charge on any atom is -0.361 e. The van der Waals surface area contributed by atoms with Gasteiger partial charge >= 0.3 is 0 Å². The number of benzene rings is 2. The van der Waals surface area contributed by atoms with Gasteiger partial charge in [0.1, 0.15) is 0 Å². The van der Waals surface area contributed by atoms with Gasteiger partial charge in [-0.2, -0.15) is 5.10 Å². The van der Waals surface area contributed by atoms with Gasteiger partial charge in [-0.25, -0.2) is 0 Å². The Kier molecular flexibility index (Phi) is 2.50. The number of hydrogen-bond donors (Lipinski definition) is 3. The molecule has 102 valence electrons. The van der Waals surface area contributed by atoms with Crippen LogP contribution in [0.15, 0.2) is 54.9 Å². The van der Waals surface area contributed by atoms with Gasteiger partial charge in [0.2, 0.25) is 0 Å². The summed E-state index contributed by atoms with van der Waals surface area (Å²) < 4.78 is 0. The predicted molar refractivity (Wildman–Crippen MR) is 82.3 cm³/mol. The van der Waals surface area contributed by atoms with Gasteiger partial charge in [-0.15, -0.1) is 0 Å². The zero-order valence-electron chi connectivity index (χ0n) is 11.1. The number of rotatable bonds is 2. The van der Waals surface area contributed by atoms with Gasteiger partial charge in [-0.3, -0.25) is 9.89 Å². The van der Waals surface area contributed by atoms with Gasteiger partial charge in [-0.1, -0.05) is 12.1 Å². The molecule has 1 amide bonds. The fraction of sp³-hybridized carbons (Fsp3) is 0. The number of carbonyl (C=O) groups is 1. The van der Waals surface area contributed by atoms with Crippen molar-refractivity contribution >= 4 is 33.4 Å². The molecule has 0 fully saturated rings. The summed E-state index contributed by atoms with van der Waals surface area (Å²) in [6.07, 6.45) is 3.58. The Balaban J connectivity index is 1.70. The first-order valence-corrected chi connectivity index (χ1v) is 6.62. The van der Waals surface area contributed by atoms with Crippen molar-refractivity contribution in [1.82, 2.24) is 15.2 Å². The number of nitrogens with one attached hydrogen (secondary N) is 3. The van der Waals surface area contributed by atoms with Crippen molar-refractivity contribution in [2.45, 2.75) is 0 Å². The minimum atomic E-state index is -0.137. The summed E-state index contributed by atoms with van der Waals surface area (Å²) in [4.78, 5) is 15.5. The summed E-state index contributed by atoms with van der Waals surface area (Å²) in [5, 5.41) is 11.8. The molecular weight excluding hydrogens is 264 g/mol. The molecule has 0 atom stereocenters. The maximum atomic E-state index is 12.4. The van der Waals surface area contributed by atoms with Crippen LogP contribution in [0.1, 0.15) is 10.4 Å². The van der Waals surface area contributed by atoms with Crippen molar-refractivity contribution in [2.24, 2.45) is 0 Å². The molecule has 0 spiro atoms. The topological polar surface area (TPSA) is 73.6 Å². The lowest BCUT2D eigenvalue weighted by Crippen LogP contribution is -2.12. The Morgan fingerprint density at radius 1 is 1.10 bits per heavy atom. The molecule has 4 rings (SSSR count). The number of hydrogen-bond acceptors (Lipinski definition) is 2. The van der Waals surface area contributed by atoms with Crippen LogP contribution >= 0.6 is 0 Å². The summed E-state index contributed by atoms with van der Waals surface area (Å²) in [7, 11) is 0. The van der Waals surface area contributed by atoms with Crippen molar-refractivity contribution in [1.29, 1.82) is 0 Å². The average Bonchev–Trinajstić information content (AvgIpc) is 3.14. The van der Waals surface area contributed by atoms with Crippen LogP contribution in [0.25, 0.3) is 21.8 Å². The van der Waals surface area contributed by atoms with Crippen molar-refractivity contribution in [3.63, 3.8) is 0 Å². The first kappa shape index (κ1) is 11.7. The highest BCUT2D eigenvalue weighted by Crippen LogP contribution is 2.20. The van der Waals surface area contributed by atoms with Crippen LogP contribution in [0, 0.1) is 0 Å². The fourth-order valence-corrected chi connectivity index (χ4v) is 2.49. The number of nitrogens with zero attached hydrogens (tertiary/aromatic N) is 1. The second-order valence-corrected chi connectivity index (χ2v) is 4.87. The molecule has 2 heterocycles. The molecule has 21 heavy (non-hydrogen) atoms. The summed E-state index contributed by atoms with van der Waals surface area (Å²) in [6, 6.07) is 13.3. The summed E-state index contributed by atoms with van der Waals surface area (Å²) in [6.45, 7) is 0. The monoisotopic (exact) mass is 276 g/mol. The molecule has 0 unspecified atom stereocenters. The van der Waals surface area contributed by atoms with Gasteiger partial charge in [0, 0.05) is 22.7 Å². The standard InChI is InChI=1S/C16H12N4O/c21-16(13-3-1-2-10-6-7-17-15(10)13)19-12-5-4-11-9-18-20-14(11)8-12/h1-9,17H,(H,18,20)(H,19,21). The lowest BCUT2D eigenvalue weighted by Gasteiger charge is -2.06. The van der Waals surface area contributed by atoms with Gasteiger partial charge in [-0.05, 0) is 30.3 Å². The van der Waals surface area contributed by atoms with E-state index >= 15 is 0 Å². The highest BCUT2D eigenvalue weighted by molar-refractivity contribution is 6.12. The Bertz CT molecular complexity index is 951. The number of amides is 1. The lowest BCUT2D eigenvalue weighted by atomic mass is 10.1. The molecule has 0 bridgehead atoms. The van der Waals surface area contributed by atoms with E-state index in [0.29, 0.717) is 5.56 Å². The number of carbonyl (C=O) groups excluding carboxylic acids is 1. The molecule has 3 N–H and O–H groups in total. The number of H-pyrrole nitrogens is 2. The molecule has 0 aliphatic heterocycles. The Labute approximate surface area is 120 Å². The van der Waals surface area contributed by atoms with Crippen molar-refractivity contribution in [3.8, 4) is 0 Å². The molecule has 0 saturated heterocycles. The number of para-hydroxylation sites is 1. The smallest absolute Gasteiger partial charge is 0.257 e. The highest BCUT2D eigenvalue weighted by atomic mass is 16.1. The van der Waals surface area contributed by atoms with E-state index in [0.717, 1.165) is 27.5 Å². The van der Waals surface area contributed by atoms with E-state index in [9.17, 15) is 4.79 Å².